The Morgan fingerprint density at radius 1 is 1.11 bits per heavy atom. The SMILES string of the molecule is Cc1cc(NS(=O)(=O)Cc2ccccc2)cc(C(OC(C)(C)C)C(=O)O)c1-c1ccc2c(c1)CCCO2. The van der Waals surface area contributed by atoms with Gasteiger partial charge in [-0.05, 0) is 92.6 Å². The molecule has 1 heterocycles. The third-order valence-electron chi connectivity index (χ3n) is 6.01. The summed E-state index contributed by atoms with van der Waals surface area (Å²) >= 11 is 0. The second-order valence-electron chi connectivity index (χ2n) is 10.3. The zero-order valence-electron chi connectivity index (χ0n) is 21.6. The number of aliphatic carboxylic acids is 1. The van der Waals surface area contributed by atoms with Crippen LogP contribution in [0.4, 0.5) is 5.69 Å². The average molecular weight is 524 g/mol. The van der Waals surface area contributed by atoms with Gasteiger partial charge in [-0.1, -0.05) is 36.4 Å². The van der Waals surface area contributed by atoms with Crippen LogP contribution < -0.4 is 9.46 Å². The molecule has 3 aromatic carbocycles. The molecule has 1 atom stereocenters. The number of carboxylic acid groups (broad SMARTS) is 1. The quantitative estimate of drug-likeness (QED) is 0.383. The van der Waals surface area contributed by atoms with Gasteiger partial charge in [0.1, 0.15) is 5.75 Å². The van der Waals surface area contributed by atoms with Crippen molar-refractivity contribution < 1.29 is 27.8 Å². The number of anilines is 1. The van der Waals surface area contributed by atoms with Crippen LogP contribution in [0.1, 0.15) is 55.5 Å². The minimum absolute atomic E-state index is 0.199. The summed E-state index contributed by atoms with van der Waals surface area (Å²) in [4.78, 5) is 12.5. The van der Waals surface area contributed by atoms with E-state index < -0.39 is 27.7 Å². The number of carbonyl (C=O) groups is 1. The molecule has 0 aromatic heterocycles. The van der Waals surface area contributed by atoms with Crippen molar-refractivity contribution >= 4 is 21.7 Å². The van der Waals surface area contributed by atoms with E-state index >= 15 is 0 Å². The number of hydrogen-bond acceptors (Lipinski definition) is 5. The molecule has 0 fully saturated rings. The Labute approximate surface area is 218 Å². The first-order valence-electron chi connectivity index (χ1n) is 12.3. The van der Waals surface area contributed by atoms with E-state index in [-0.39, 0.29) is 11.4 Å². The van der Waals surface area contributed by atoms with Gasteiger partial charge in [-0.2, -0.15) is 0 Å². The van der Waals surface area contributed by atoms with E-state index in [1.54, 1.807) is 57.2 Å². The summed E-state index contributed by atoms with van der Waals surface area (Å²) in [5, 5.41) is 10.2. The lowest BCUT2D eigenvalue weighted by Gasteiger charge is -2.28. The predicted octanol–water partition coefficient (Wildman–Crippen LogP) is 5.87. The van der Waals surface area contributed by atoms with E-state index in [0.29, 0.717) is 23.3 Å². The first kappa shape index (κ1) is 26.7. The van der Waals surface area contributed by atoms with E-state index in [4.69, 9.17) is 9.47 Å². The zero-order valence-corrected chi connectivity index (χ0v) is 22.4. The maximum absolute atomic E-state index is 13.0. The van der Waals surface area contributed by atoms with Crippen molar-refractivity contribution in [3.8, 4) is 16.9 Å². The van der Waals surface area contributed by atoms with Gasteiger partial charge in [0.15, 0.2) is 6.10 Å². The summed E-state index contributed by atoms with van der Waals surface area (Å²) in [6.07, 6.45) is 0.477. The monoisotopic (exact) mass is 523 g/mol. The molecule has 1 aliphatic heterocycles. The summed E-state index contributed by atoms with van der Waals surface area (Å²) in [6.45, 7) is 7.89. The highest BCUT2D eigenvalue weighted by Gasteiger charge is 2.31. The Hall–Kier alpha value is -3.36. The summed E-state index contributed by atoms with van der Waals surface area (Å²) in [6, 6.07) is 18.0. The summed E-state index contributed by atoms with van der Waals surface area (Å²) in [5.41, 5.74) is 3.91. The molecule has 0 spiro atoms. The molecule has 8 heteroatoms. The van der Waals surface area contributed by atoms with Crippen molar-refractivity contribution in [1.82, 2.24) is 0 Å². The Balaban J connectivity index is 1.81. The lowest BCUT2D eigenvalue weighted by molar-refractivity contribution is -0.160. The van der Waals surface area contributed by atoms with E-state index in [1.807, 2.05) is 31.2 Å². The van der Waals surface area contributed by atoms with Gasteiger partial charge in [-0.25, -0.2) is 13.2 Å². The molecule has 0 saturated carbocycles. The Kier molecular flexibility index (Phi) is 7.62. The van der Waals surface area contributed by atoms with Gasteiger partial charge in [0.2, 0.25) is 10.0 Å². The number of rotatable bonds is 8. The van der Waals surface area contributed by atoms with Crippen LogP contribution >= 0.6 is 0 Å². The summed E-state index contributed by atoms with van der Waals surface area (Å²) in [7, 11) is -3.75. The van der Waals surface area contributed by atoms with Crippen LogP contribution in [0.2, 0.25) is 0 Å². The standard InChI is InChI=1S/C29H33NO6S/c1-19-15-23(30-37(33,34)18-20-9-6-5-7-10-20)17-24(27(28(31)32)36-29(2,3)4)26(19)22-12-13-25-21(16-22)11-8-14-35-25/h5-7,9-10,12-13,15-17,27,30H,8,11,14,18H2,1-4H3,(H,31,32). The highest BCUT2D eigenvalue weighted by Crippen LogP contribution is 2.40. The molecular weight excluding hydrogens is 490 g/mol. The molecule has 1 aliphatic rings. The molecule has 196 valence electrons. The van der Waals surface area contributed by atoms with Crippen molar-refractivity contribution in [1.29, 1.82) is 0 Å². The fourth-order valence-electron chi connectivity index (χ4n) is 4.60. The van der Waals surface area contributed by atoms with Crippen LogP contribution in [-0.4, -0.2) is 31.7 Å². The van der Waals surface area contributed by atoms with Crippen LogP contribution in [-0.2, 0) is 31.7 Å². The van der Waals surface area contributed by atoms with Gasteiger partial charge >= 0.3 is 5.97 Å². The van der Waals surface area contributed by atoms with Crippen molar-refractivity contribution in [2.45, 2.75) is 58.0 Å². The van der Waals surface area contributed by atoms with Crippen LogP contribution in [0.5, 0.6) is 5.75 Å². The minimum atomic E-state index is -3.75. The topological polar surface area (TPSA) is 102 Å². The van der Waals surface area contributed by atoms with Crippen molar-refractivity contribution in [3.63, 3.8) is 0 Å². The minimum Gasteiger partial charge on any atom is -0.493 e. The molecule has 4 rings (SSSR count). The fourth-order valence-corrected chi connectivity index (χ4v) is 5.78. The average Bonchev–Trinajstić information content (AvgIpc) is 2.81. The summed E-state index contributed by atoms with van der Waals surface area (Å²) < 4.78 is 40.3. The van der Waals surface area contributed by atoms with Crippen molar-refractivity contribution in [2.75, 3.05) is 11.3 Å². The molecule has 0 saturated heterocycles. The van der Waals surface area contributed by atoms with Crippen LogP contribution in [0.25, 0.3) is 11.1 Å². The molecule has 0 radical (unpaired) electrons. The molecule has 0 amide bonds. The van der Waals surface area contributed by atoms with Gasteiger partial charge < -0.3 is 14.6 Å². The third kappa shape index (κ3) is 6.70. The predicted molar refractivity (Wildman–Crippen MR) is 144 cm³/mol. The summed E-state index contributed by atoms with van der Waals surface area (Å²) in [5.74, 6) is -0.517. The smallest absolute Gasteiger partial charge is 0.337 e. The Bertz CT molecular complexity index is 1390. The van der Waals surface area contributed by atoms with Gasteiger partial charge in [0.25, 0.3) is 0 Å². The lowest BCUT2D eigenvalue weighted by Crippen LogP contribution is -2.28. The van der Waals surface area contributed by atoms with Crippen molar-refractivity contribution in [3.05, 3.63) is 82.9 Å². The van der Waals surface area contributed by atoms with E-state index in [2.05, 4.69) is 4.72 Å². The van der Waals surface area contributed by atoms with E-state index in [1.165, 1.54) is 0 Å². The number of carboxylic acids is 1. The molecule has 37 heavy (non-hydrogen) atoms. The number of hydrogen-bond donors (Lipinski definition) is 2. The van der Waals surface area contributed by atoms with E-state index in [0.717, 1.165) is 35.3 Å². The highest BCUT2D eigenvalue weighted by molar-refractivity contribution is 7.91. The number of aryl methyl sites for hydroxylation is 2. The second-order valence-corrected chi connectivity index (χ2v) is 12.0. The number of nitrogens with one attached hydrogen (secondary N) is 1. The second kappa shape index (κ2) is 10.6. The van der Waals surface area contributed by atoms with Crippen LogP contribution in [0.15, 0.2) is 60.7 Å². The first-order chi connectivity index (χ1) is 17.4. The maximum atomic E-state index is 13.0. The Morgan fingerprint density at radius 2 is 1.84 bits per heavy atom. The Morgan fingerprint density at radius 3 is 2.51 bits per heavy atom. The number of sulfonamides is 1. The molecule has 0 aliphatic carbocycles. The van der Waals surface area contributed by atoms with Crippen LogP contribution in [0, 0.1) is 6.92 Å². The number of fused-ring (bicyclic) bond motifs is 1. The third-order valence-corrected chi connectivity index (χ3v) is 7.27. The van der Waals surface area contributed by atoms with Crippen LogP contribution in [0.3, 0.4) is 0 Å². The first-order valence-corrected chi connectivity index (χ1v) is 13.9. The number of ether oxygens (including phenoxy) is 2. The van der Waals surface area contributed by atoms with Gasteiger partial charge in [-0.3, -0.25) is 4.72 Å². The highest BCUT2D eigenvalue weighted by atomic mass is 32.2. The van der Waals surface area contributed by atoms with Gasteiger partial charge in [-0.15, -0.1) is 0 Å². The fraction of sp³-hybridized carbons (Fsp3) is 0.345. The molecule has 1 unspecified atom stereocenters. The maximum Gasteiger partial charge on any atom is 0.337 e. The number of benzene rings is 3. The molecule has 2 N–H and O–H groups in total. The molecule has 0 bridgehead atoms. The normalized spacial score (nSPS) is 14.4. The molecule has 7 nitrogen and oxygen atoms in total. The zero-order chi connectivity index (χ0) is 26.8. The largest absolute Gasteiger partial charge is 0.493 e. The van der Waals surface area contributed by atoms with Crippen molar-refractivity contribution in [2.24, 2.45) is 0 Å². The lowest BCUT2D eigenvalue weighted by atomic mass is 9.89. The van der Waals surface area contributed by atoms with Gasteiger partial charge in [0, 0.05) is 11.3 Å². The molecular formula is C29H33NO6S. The van der Waals surface area contributed by atoms with Gasteiger partial charge in [0.05, 0.1) is 18.0 Å². The molecule has 3 aromatic rings. The van der Waals surface area contributed by atoms with E-state index in [9.17, 15) is 18.3 Å².